The first-order valence-electron chi connectivity index (χ1n) is 10.5. The van der Waals surface area contributed by atoms with Gasteiger partial charge in [0.1, 0.15) is 17.2 Å². The highest BCUT2D eigenvalue weighted by molar-refractivity contribution is 5.99. The van der Waals surface area contributed by atoms with Crippen LogP contribution in [0.4, 0.5) is 10.2 Å². The summed E-state index contributed by atoms with van der Waals surface area (Å²) in [6.07, 6.45) is 10.2. The smallest absolute Gasteiger partial charge is 0.257 e. The van der Waals surface area contributed by atoms with Crippen LogP contribution in [0.25, 0.3) is 6.20 Å². The van der Waals surface area contributed by atoms with Gasteiger partial charge in [-0.3, -0.25) is 14.7 Å². The molecule has 1 unspecified atom stereocenters. The monoisotopic (exact) mass is 412 g/mol. The highest BCUT2D eigenvalue weighted by atomic mass is 19.1. The van der Waals surface area contributed by atoms with Crippen LogP contribution in [-0.4, -0.2) is 51.2 Å². The molecule has 30 heavy (non-hydrogen) atoms. The first kappa shape index (κ1) is 20.5. The molecule has 1 saturated heterocycles. The van der Waals surface area contributed by atoms with Gasteiger partial charge in [0.05, 0.1) is 12.4 Å². The number of anilines is 1. The quantitative estimate of drug-likeness (QED) is 0.752. The van der Waals surface area contributed by atoms with Crippen molar-refractivity contribution in [2.24, 2.45) is 0 Å². The predicted octanol–water partition coefficient (Wildman–Crippen LogP) is 3.22. The molecule has 4 heterocycles. The van der Waals surface area contributed by atoms with Crippen LogP contribution >= 0.6 is 0 Å². The van der Waals surface area contributed by atoms with Crippen molar-refractivity contribution in [2.75, 3.05) is 25.5 Å². The minimum absolute atomic E-state index is 0.146. The normalized spacial score (nSPS) is 22.9. The second-order valence-corrected chi connectivity index (χ2v) is 8.67. The van der Waals surface area contributed by atoms with Crippen molar-refractivity contribution in [3.63, 3.8) is 0 Å². The first-order valence-corrected chi connectivity index (χ1v) is 10.5. The van der Waals surface area contributed by atoms with Gasteiger partial charge >= 0.3 is 0 Å². The molecular formula is C22H29FN6O. The summed E-state index contributed by atoms with van der Waals surface area (Å²) >= 11 is 0. The van der Waals surface area contributed by atoms with E-state index in [2.05, 4.69) is 25.6 Å². The first-order chi connectivity index (χ1) is 14.4. The van der Waals surface area contributed by atoms with Gasteiger partial charge in [-0.15, -0.1) is 0 Å². The second kappa shape index (κ2) is 8.18. The molecule has 8 heteroatoms. The summed E-state index contributed by atoms with van der Waals surface area (Å²) in [6, 6.07) is 1.78. The highest BCUT2D eigenvalue weighted by Gasteiger charge is 2.30. The molecule has 0 radical (unpaired) electrons. The lowest BCUT2D eigenvalue weighted by Gasteiger charge is -2.28. The van der Waals surface area contributed by atoms with Crippen molar-refractivity contribution in [2.45, 2.75) is 51.1 Å². The summed E-state index contributed by atoms with van der Waals surface area (Å²) in [5.74, 6) is 0.176. The number of carbonyl (C=O) groups excluding carboxylic acids is 1. The van der Waals surface area contributed by atoms with Gasteiger partial charge in [-0.1, -0.05) is 6.08 Å². The molecule has 2 aliphatic heterocycles. The van der Waals surface area contributed by atoms with E-state index in [-0.39, 0.29) is 17.8 Å². The van der Waals surface area contributed by atoms with Gasteiger partial charge in [-0.2, -0.15) is 5.10 Å². The molecule has 1 fully saturated rings. The van der Waals surface area contributed by atoms with Crippen LogP contribution in [0.1, 0.15) is 60.8 Å². The number of hydrogen-bond acceptors (Lipinski definition) is 5. The van der Waals surface area contributed by atoms with E-state index in [1.54, 1.807) is 24.0 Å². The Bertz CT molecular complexity index is 967. The number of nitrogens with one attached hydrogen (secondary N) is 2. The Balaban J connectivity index is 1.74. The molecule has 2 aromatic rings. The van der Waals surface area contributed by atoms with Crippen LogP contribution in [-0.2, 0) is 6.42 Å². The summed E-state index contributed by atoms with van der Waals surface area (Å²) < 4.78 is 15.8. The molecule has 7 nitrogen and oxygen atoms in total. The van der Waals surface area contributed by atoms with Crippen LogP contribution in [0.3, 0.4) is 0 Å². The lowest BCUT2D eigenvalue weighted by Crippen LogP contribution is -2.44. The molecule has 1 atom stereocenters. The second-order valence-electron chi connectivity index (χ2n) is 8.67. The van der Waals surface area contributed by atoms with Crippen LogP contribution in [0.2, 0.25) is 0 Å². The Morgan fingerprint density at radius 2 is 2.17 bits per heavy atom. The maximum Gasteiger partial charge on any atom is 0.257 e. The molecule has 4 rings (SSSR count). The van der Waals surface area contributed by atoms with Crippen molar-refractivity contribution >= 4 is 17.9 Å². The van der Waals surface area contributed by atoms with Gasteiger partial charge in [0, 0.05) is 37.1 Å². The Labute approximate surface area is 176 Å². The maximum atomic E-state index is 14.1. The van der Waals surface area contributed by atoms with Crippen molar-refractivity contribution < 1.29 is 9.18 Å². The van der Waals surface area contributed by atoms with Crippen molar-refractivity contribution in [3.05, 3.63) is 47.2 Å². The number of aryl methyl sites for hydroxylation is 1. The van der Waals surface area contributed by atoms with Crippen molar-refractivity contribution in [1.82, 2.24) is 25.0 Å². The van der Waals surface area contributed by atoms with E-state index < -0.39 is 5.54 Å². The summed E-state index contributed by atoms with van der Waals surface area (Å²) in [5, 5.41) is 10.6. The largest absolute Gasteiger partial charge is 0.372 e. The van der Waals surface area contributed by atoms with E-state index in [4.69, 9.17) is 0 Å². The van der Waals surface area contributed by atoms with E-state index in [9.17, 15) is 9.18 Å². The minimum Gasteiger partial charge on any atom is -0.372 e. The van der Waals surface area contributed by atoms with E-state index in [1.807, 2.05) is 26.1 Å². The maximum absolute atomic E-state index is 14.1. The molecule has 2 aromatic heterocycles. The number of nitrogens with zero attached hydrogens (tertiary/aromatic N) is 4. The molecule has 2 N–H and O–H groups in total. The number of halogens is 1. The SMILES string of the molecule is CNc1c2cnn1/C=C\CN1CCCC1c1cc(F)cnc1CCC(C)(C)NC2=O. The van der Waals surface area contributed by atoms with E-state index in [1.165, 1.54) is 6.20 Å². The molecule has 0 aromatic carbocycles. The zero-order valence-electron chi connectivity index (χ0n) is 17.8. The third kappa shape index (κ3) is 4.09. The highest BCUT2D eigenvalue weighted by Crippen LogP contribution is 2.34. The number of rotatable bonds is 1. The fraction of sp³-hybridized carbons (Fsp3) is 0.500. The summed E-state index contributed by atoms with van der Waals surface area (Å²) in [6.45, 7) is 5.67. The number of hydrogen-bond donors (Lipinski definition) is 2. The lowest BCUT2D eigenvalue weighted by atomic mass is 9.93. The number of amides is 1. The molecule has 2 aliphatic rings. The average molecular weight is 413 g/mol. The molecule has 0 saturated carbocycles. The standard InChI is InChI=1S/C22H29FN6O/c1-22(2)8-7-18-16(12-15(23)13-25-18)19-6-4-9-28(19)10-5-11-29-20(24-3)17(14-26-29)21(30)27-22/h5,11-14,19,24H,4,6-10H2,1-3H3,(H,27,30)/b11-5-. The molecule has 160 valence electrons. The number of pyridine rings is 1. The van der Waals surface area contributed by atoms with Gasteiger partial charge in [0.15, 0.2) is 0 Å². The zero-order chi connectivity index (χ0) is 21.3. The predicted molar refractivity (Wildman–Crippen MR) is 115 cm³/mol. The Morgan fingerprint density at radius 3 is 2.97 bits per heavy atom. The Kier molecular flexibility index (Phi) is 5.60. The number of fused-ring (bicyclic) bond motifs is 5. The molecule has 0 spiro atoms. The zero-order valence-corrected chi connectivity index (χ0v) is 17.8. The third-order valence-electron chi connectivity index (χ3n) is 6.00. The molecule has 0 aliphatic carbocycles. The van der Waals surface area contributed by atoms with E-state index in [0.717, 1.165) is 37.2 Å². The summed E-state index contributed by atoms with van der Waals surface area (Å²) in [7, 11) is 1.78. The van der Waals surface area contributed by atoms with E-state index in [0.29, 0.717) is 24.2 Å². The fourth-order valence-electron chi connectivity index (χ4n) is 4.42. The minimum atomic E-state index is -0.455. The number of carbonyl (C=O) groups is 1. The number of aromatic nitrogens is 3. The van der Waals surface area contributed by atoms with Crippen molar-refractivity contribution in [3.8, 4) is 0 Å². The third-order valence-corrected chi connectivity index (χ3v) is 6.00. The average Bonchev–Trinajstić information content (AvgIpc) is 3.32. The van der Waals surface area contributed by atoms with Crippen LogP contribution in [0, 0.1) is 5.82 Å². The van der Waals surface area contributed by atoms with Crippen molar-refractivity contribution in [1.29, 1.82) is 0 Å². The molecule has 1 amide bonds. The Hall–Kier alpha value is -2.74. The van der Waals surface area contributed by atoms with Crippen LogP contribution in [0.15, 0.2) is 24.5 Å². The van der Waals surface area contributed by atoms with Gasteiger partial charge in [-0.05, 0) is 57.7 Å². The molecule has 2 bridgehead atoms. The van der Waals surface area contributed by atoms with Gasteiger partial charge in [0.25, 0.3) is 5.91 Å². The van der Waals surface area contributed by atoms with Crippen LogP contribution in [0.5, 0.6) is 0 Å². The lowest BCUT2D eigenvalue weighted by molar-refractivity contribution is 0.0910. The van der Waals surface area contributed by atoms with Gasteiger partial charge in [-0.25, -0.2) is 9.07 Å². The molecular weight excluding hydrogens is 383 g/mol. The van der Waals surface area contributed by atoms with Gasteiger partial charge < -0.3 is 10.6 Å². The van der Waals surface area contributed by atoms with E-state index >= 15 is 0 Å². The summed E-state index contributed by atoms with van der Waals surface area (Å²) in [5.41, 5.74) is 1.93. The van der Waals surface area contributed by atoms with Crippen LogP contribution < -0.4 is 10.6 Å². The van der Waals surface area contributed by atoms with Gasteiger partial charge in [0.2, 0.25) is 0 Å². The topological polar surface area (TPSA) is 75.1 Å². The fourth-order valence-corrected chi connectivity index (χ4v) is 4.42. The Morgan fingerprint density at radius 1 is 1.33 bits per heavy atom. The summed E-state index contributed by atoms with van der Waals surface area (Å²) in [4.78, 5) is 19.7.